The standard InChI is InChI=1S/C20H23FN6OS/c1-25(2)17-10-4-14(5-11-17)12-26(3)18(28)13-29-20-24-23-19(27(20)22)15-6-8-16(21)9-7-15/h4-11H,12-13,22H2,1-3H3. The zero-order chi connectivity index (χ0) is 21.0. The number of aromatic nitrogens is 3. The van der Waals surface area contributed by atoms with Crippen LogP contribution in [0.15, 0.2) is 53.7 Å². The quantitative estimate of drug-likeness (QED) is 0.473. The first kappa shape index (κ1) is 20.7. The smallest absolute Gasteiger partial charge is 0.233 e. The molecule has 1 amide bonds. The molecule has 3 rings (SSSR count). The number of halogens is 1. The van der Waals surface area contributed by atoms with Crippen molar-refractivity contribution in [1.82, 2.24) is 19.8 Å². The number of thioether (sulfide) groups is 1. The summed E-state index contributed by atoms with van der Waals surface area (Å²) in [5.41, 5.74) is 2.81. The second-order valence-corrected chi connectivity index (χ2v) is 7.72. The molecule has 2 aromatic carbocycles. The zero-order valence-electron chi connectivity index (χ0n) is 16.5. The molecule has 0 aliphatic carbocycles. The number of amides is 1. The van der Waals surface area contributed by atoms with Crippen LogP contribution in [0.3, 0.4) is 0 Å². The van der Waals surface area contributed by atoms with E-state index in [0.29, 0.717) is 23.1 Å². The van der Waals surface area contributed by atoms with Gasteiger partial charge in [0.05, 0.1) is 5.75 Å². The topological polar surface area (TPSA) is 80.3 Å². The van der Waals surface area contributed by atoms with E-state index in [1.807, 2.05) is 43.3 Å². The lowest BCUT2D eigenvalue weighted by atomic mass is 10.2. The molecule has 1 aromatic heterocycles. The number of rotatable bonds is 7. The van der Waals surface area contributed by atoms with Crippen LogP contribution in [-0.2, 0) is 11.3 Å². The monoisotopic (exact) mass is 414 g/mol. The number of carbonyl (C=O) groups is 1. The second-order valence-electron chi connectivity index (χ2n) is 6.78. The van der Waals surface area contributed by atoms with Crippen molar-refractivity contribution in [3.05, 3.63) is 59.9 Å². The van der Waals surface area contributed by atoms with Gasteiger partial charge >= 0.3 is 0 Å². The highest BCUT2D eigenvalue weighted by atomic mass is 32.2. The number of hydrogen-bond donors (Lipinski definition) is 1. The molecular formula is C20H23FN6OS. The SMILES string of the molecule is CN(Cc1ccc(N(C)C)cc1)C(=O)CSc1nnc(-c2ccc(F)cc2)n1N. The summed E-state index contributed by atoms with van der Waals surface area (Å²) >= 11 is 1.21. The van der Waals surface area contributed by atoms with E-state index < -0.39 is 0 Å². The number of anilines is 1. The Labute approximate surface area is 173 Å². The molecule has 0 spiro atoms. The minimum absolute atomic E-state index is 0.0435. The van der Waals surface area contributed by atoms with Crippen LogP contribution in [0.1, 0.15) is 5.56 Å². The van der Waals surface area contributed by atoms with E-state index in [1.165, 1.54) is 28.6 Å². The van der Waals surface area contributed by atoms with E-state index in [4.69, 9.17) is 5.84 Å². The molecule has 2 N–H and O–H groups in total. The summed E-state index contributed by atoms with van der Waals surface area (Å²) in [5.74, 6) is 6.26. The average molecular weight is 415 g/mol. The number of hydrogen-bond acceptors (Lipinski definition) is 6. The van der Waals surface area contributed by atoms with Gasteiger partial charge in [-0.25, -0.2) is 9.07 Å². The van der Waals surface area contributed by atoms with Crippen LogP contribution in [0.25, 0.3) is 11.4 Å². The van der Waals surface area contributed by atoms with Gasteiger partial charge in [-0.1, -0.05) is 23.9 Å². The van der Waals surface area contributed by atoms with E-state index in [1.54, 1.807) is 24.1 Å². The highest BCUT2D eigenvalue weighted by Crippen LogP contribution is 2.22. The van der Waals surface area contributed by atoms with E-state index >= 15 is 0 Å². The predicted octanol–water partition coefficient (Wildman–Crippen LogP) is 2.61. The summed E-state index contributed by atoms with van der Waals surface area (Å²) < 4.78 is 14.4. The van der Waals surface area contributed by atoms with Gasteiger partial charge in [-0.3, -0.25) is 4.79 Å². The molecule has 3 aromatic rings. The molecule has 7 nitrogen and oxygen atoms in total. The van der Waals surface area contributed by atoms with Gasteiger partial charge in [0.2, 0.25) is 11.1 Å². The summed E-state index contributed by atoms with van der Waals surface area (Å²) in [6.07, 6.45) is 0. The molecule has 0 aliphatic rings. The largest absolute Gasteiger partial charge is 0.378 e. The molecule has 0 saturated heterocycles. The molecule has 0 bridgehead atoms. The Morgan fingerprint density at radius 3 is 2.34 bits per heavy atom. The van der Waals surface area contributed by atoms with Crippen molar-refractivity contribution in [2.45, 2.75) is 11.7 Å². The molecule has 0 saturated carbocycles. The van der Waals surface area contributed by atoms with Crippen LogP contribution in [0.2, 0.25) is 0 Å². The number of nitrogens with zero attached hydrogens (tertiary/aromatic N) is 5. The molecular weight excluding hydrogens is 391 g/mol. The van der Waals surface area contributed by atoms with E-state index in [9.17, 15) is 9.18 Å². The van der Waals surface area contributed by atoms with E-state index in [-0.39, 0.29) is 17.5 Å². The molecule has 9 heteroatoms. The van der Waals surface area contributed by atoms with Gasteiger partial charge in [0.25, 0.3) is 0 Å². The lowest BCUT2D eigenvalue weighted by molar-refractivity contribution is -0.127. The Kier molecular flexibility index (Phi) is 6.38. The maximum absolute atomic E-state index is 13.1. The molecule has 0 fully saturated rings. The highest BCUT2D eigenvalue weighted by molar-refractivity contribution is 7.99. The summed E-state index contributed by atoms with van der Waals surface area (Å²) in [7, 11) is 5.74. The van der Waals surface area contributed by atoms with E-state index in [2.05, 4.69) is 10.2 Å². The van der Waals surface area contributed by atoms with Crippen molar-refractivity contribution in [2.75, 3.05) is 37.6 Å². The Morgan fingerprint density at radius 2 is 1.72 bits per heavy atom. The van der Waals surface area contributed by atoms with Gasteiger partial charge in [0, 0.05) is 38.9 Å². The fourth-order valence-corrected chi connectivity index (χ4v) is 3.47. The zero-order valence-corrected chi connectivity index (χ0v) is 17.4. The predicted molar refractivity (Wildman–Crippen MR) is 114 cm³/mol. The third kappa shape index (κ3) is 5.05. The van der Waals surface area contributed by atoms with Gasteiger partial charge in [0.1, 0.15) is 5.82 Å². The summed E-state index contributed by atoms with van der Waals surface area (Å²) in [6.45, 7) is 0.517. The van der Waals surface area contributed by atoms with E-state index in [0.717, 1.165) is 11.3 Å². The van der Waals surface area contributed by atoms with Crippen LogP contribution < -0.4 is 10.7 Å². The third-order valence-electron chi connectivity index (χ3n) is 4.39. The second kappa shape index (κ2) is 8.95. The van der Waals surface area contributed by atoms with Gasteiger partial charge < -0.3 is 15.6 Å². The number of benzene rings is 2. The molecule has 0 radical (unpaired) electrons. The molecule has 152 valence electrons. The Bertz CT molecular complexity index is 972. The minimum Gasteiger partial charge on any atom is -0.378 e. The van der Waals surface area contributed by atoms with Crippen LogP contribution in [0.5, 0.6) is 0 Å². The van der Waals surface area contributed by atoms with Crippen molar-refractivity contribution in [2.24, 2.45) is 0 Å². The van der Waals surface area contributed by atoms with Crippen LogP contribution in [-0.4, -0.2) is 52.6 Å². The van der Waals surface area contributed by atoms with Crippen LogP contribution >= 0.6 is 11.8 Å². The van der Waals surface area contributed by atoms with Crippen molar-refractivity contribution < 1.29 is 9.18 Å². The molecule has 0 atom stereocenters. The lowest BCUT2D eigenvalue weighted by Crippen LogP contribution is -2.28. The van der Waals surface area contributed by atoms with Crippen LogP contribution in [0.4, 0.5) is 10.1 Å². The van der Waals surface area contributed by atoms with Crippen molar-refractivity contribution in [3.8, 4) is 11.4 Å². The Hall–Kier alpha value is -3.07. The fourth-order valence-electron chi connectivity index (χ4n) is 2.67. The van der Waals surface area contributed by atoms with Gasteiger partial charge in [-0.15, -0.1) is 10.2 Å². The summed E-state index contributed by atoms with van der Waals surface area (Å²) in [4.78, 5) is 16.2. The number of nitrogen functional groups attached to an aromatic ring is 1. The van der Waals surface area contributed by atoms with Gasteiger partial charge in [0.15, 0.2) is 5.82 Å². The molecule has 0 aliphatic heterocycles. The minimum atomic E-state index is -0.337. The van der Waals surface area contributed by atoms with Crippen molar-refractivity contribution >= 4 is 23.4 Å². The maximum Gasteiger partial charge on any atom is 0.233 e. The number of nitrogens with two attached hydrogens (primary N) is 1. The van der Waals surface area contributed by atoms with Crippen LogP contribution in [0, 0.1) is 5.82 Å². The average Bonchev–Trinajstić information content (AvgIpc) is 3.07. The van der Waals surface area contributed by atoms with Gasteiger partial charge in [-0.05, 0) is 42.0 Å². The van der Waals surface area contributed by atoms with Gasteiger partial charge in [-0.2, -0.15) is 0 Å². The van der Waals surface area contributed by atoms with Crippen molar-refractivity contribution in [1.29, 1.82) is 0 Å². The first-order valence-corrected chi connectivity index (χ1v) is 9.93. The third-order valence-corrected chi connectivity index (χ3v) is 5.32. The first-order valence-electron chi connectivity index (χ1n) is 8.94. The summed E-state index contributed by atoms with van der Waals surface area (Å²) in [6, 6.07) is 13.9. The fraction of sp³-hybridized carbons (Fsp3) is 0.250. The molecule has 29 heavy (non-hydrogen) atoms. The number of carbonyl (C=O) groups excluding carboxylic acids is 1. The molecule has 1 heterocycles. The Balaban J connectivity index is 1.58. The highest BCUT2D eigenvalue weighted by Gasteiger charge is 2.16. The van der Waals surface area contributed by atoms with Crippen molar-refractivity contribution in [3.63, 3.8) is 0 Å². The summed E-state index contributed by atoms with van der Waals surface area (Å²) in [5, 5.41) is 8.50. The molecule has 0 unspecified atom stereocenters. The first-order chi connectivity index (χ1) is 13.8. The Morgan fingerprint density at radius 1 is 1.07 bits per heavy atom. The maximum atomic E-state index is 13.1. The normalized spacial score (nSPS) is 10.8. The lowest BCUT2D eigenvalue weighted by Gasteiger charge is -2.18.